The molecule has 1 N–H and O–H groups in total. The Hall–Kier alpha value is -1.81. The Morgan fingerprint density at radius 2 is 1.96 bits per heavy atom. The van der Waals surface area contributed by atoms with Crippen molar-refractivity contribution in [2.75, 3.05) is 20.7 Å². The molecule has 0 spiro atoms. The highest BCUT2D eigenvalue weighted by Crippen LogP contribution is 2.27. The second-order valence-electron chi connectivity index (χ2n) is 6.67. The van der Waals surface area contributed by atoms with Crippen molar-refractivity contribution in [3.63, 3.8) is 0 Å². The second kappa shape index (κ2) is 9.13. The van der Waals surface area contributed by atoms with E-state index in [9.17, 15) is 13.2 Å². The van der Waals surface area contributed by atoms with Crippen LogP contribution in [-0.4, -0.2) is 44.5 Å². The third-order valence-electron chi connectivity index (χ3n) is 4.75. The number of nitrogens with zero attached hydrogens (tertiary/aromatic N) is 2. The van der Waals surface area contributed by atoms with Gasteiger partial charge in [-0.2, -0.15) is 0 Å². The molecule has 0 radical (unpaired) electrons. The molecule has 9 heteroatoms. The summed E-state index contributed by atoms with van der Waals surface area (Å²) < 4.78 is 25.1. The van der Waals surface area contributed by atoms with Gasteiger partial charge in [-0.15, -0.1) is 11.3 Å². The summed E-state index contributed by atoms with van der Waals surface area (Å²) >= 11 is 1.80. The number of amides is 1. The van der Waals surface area contributed by atoms with Gasteiger partial charge in [0.25, 0.3) is 15.9 Å². The number of carbonyl (C=O) groups is 1. The van der Waals surface area contributed by atoms with E-state index in [0.29, 0.717) is 12.1 Å². The van der Waals surface area contributed by atoms with Crippen LogP contribution in [-0.2, 0) is 34.1 Å². The Balaban J connectivity index is 1.49. The fourth-order valence-electron chi connectivity index (χ4n) is 3.08. The molecule has 1 heterocycles. The van der Waals surface area contributed by atoms with Gasteiger partial charge in [0.2, 0.25) is 0 Å². The summed E-state index contributed by atoms with van der Waals surface area (Å²) in [6.45, 7) is 0.551. The van der Waals surface area contributed by atoms with Crippen LogP contribution in [0.25, 0.3) is 0 Å². The summed E-state index contributed by atoms with van der Waals surface area (Å²) in [5, 5.41) is 4.03. The maximum atomic E-state index is 12.3. The smallest absolute Gasteiger partial charge is 0.264 e. The van der Waals surface area contributed by atoms with Crippen LogP contribution in [0.4, 0.5) is 0 Å². The number of hydrogen-bond donors (Lipinski definition) is 1. The van der Waals surface area contributed by atoms with Crippen molar-refractivity contribution < 1.29 is 18.0 Å². The van der Waals surface area contributed by atoms with Gasteiger partial charge in [0.05, 0.1) is 22.7 Å². The summed E-state index contributed by atoms with van der Waals surface area (Å²) in [6.07, 6.45) is 6.41. The van der Waals surface area contributed by atoms with Crippen molar-refractivity contribution in [2.45, 2.75) is 43.4 Å². The summed E-state index contributed by atoms with van der Waals surface area (Å²) in [7, 11) is -1.12. The number of hydroxylamine groups is 1. The zero-order chi connectivity index (χ0) is 20.1. The number of aryl methyl sites for hydroxylation is 3. The third kappa shape index (κ3) is 4.78. The van der Waals surface area contributed by atoms with E-state index >= 15 is 0 Å². The first-order valence-corrected chi connectivity index (χ1v) is 11.6. The Morgan fingerprint density at radius 1 is 1.25 bits per heavy atom. The van der Waals surface area contributed by atoms with E-state index in [-0.39, 0.29) is 10.8 Å². The standard InChI is InChI=1S/C19H25N3O4S2/c1-22(26-2)28(24,25)15-11-9-14(10-12-15)19(23)20-13-5-8-18-21-16-6-3-4-7-17(16)27-18/h9-12H,3-8,13H2,1-2H3,(H,20,23). The number of fused-ring (bicyclic) bond motifs is 1. The number of aromatic nitrogens is 1. The van der Waals surface area contributed by atoms with Gasteiger partial charge in [-0.3, -0.25) is 9.63 Å². The molecular formula is C19H25N3O4S2. The van der Waals surface area contributed by atoms with Gasteiger partial charge in [-0.05, 0) is 56.4 Å². The Labute approximate surface area is 169 Å². The number of benzene rings is 1. The van der Waals surface area contributed by atoms with Crippen LogP contribution in [0.15, 0.2) is 29.2 Å². The topological polar surface area (TPSA) is 88.6 Å². The number of carbonyl (C=O) groups excluding carboxylic acids is 1. The molecule has 28 heavy (non-hydrogen) atoms. The number of rotatable bonds is 8. The Kier molecular flexibility index (Phi) is 6.82. The van der Waals surface area contributed by atoms with Gasteiger partial charge >= 0.3 is 0 Å². The second-order valence-corrected chi connectivity index (χ2v) is 9.77. The maximum Gasteiger partial charge on any atom is 0.264 e. The van der Waals surface area contributed by atoms with Crippen LogP contribution >= 0.6 is 11.3 Å². The first kappa shape index (κ1) is 20.9. The maximum absolute atomic E-state index is 12.3. The molecule has 0 saturated heterocycles. The minimum Gasteiger partial charge on any atom is -0.352 e. The molecule has 1 aliphatic carbocycles. The molecule has 0 atom stereocenters. The van der Waals surface area contributed by atoms with Crippen molar-refractivity contribution >= 4 is 27.3 Å². The highest BCUT2D eigenvalue weighted by molar-refractivity contribution is 7.89. The average Bonchev–Trinajstić information content (AvgIpc) is 3.13. The average molecular weight is 424 g/mol. The van der Waals surface area contributed by atoms with E-state index in [0.717, 1.165) is 35.2 Å². The predicted octanol–water partition coefficient (Wildman–Crippen LogP) is 2.57. The van der Waals surface area contributed by atoms with E-state index in [1.807, 2.05) is 0 Å². The van der Waals surface area contributed by atoms with Crippen LogP contribution in [0.3, 0.4) is 0 Å². The fourth-order valence-corrected chi connectivity index (χ4v) is 5.25. The molecule has 0 aliphatic heterocycles. The van der Waals surface area contributed by atoms with E-state index in [1.165, 1.54) is 61.8 Å². The Morgan fingerprint density at radius 3 is 2.64 bits per heavy atom. The normalized spacial score (nSPS) is 14.1. The van der Waals surface area contributed by atoms with E-state index in [4.69, 9.17) is 9.82 Å². The zero-order valence-corrected chi connectivity index (χ0v) is 17.7. The number of hydrogen-bond acceptors (Lipinski definition) is 6. The zero-order valence-electron chi connectivity index (χ0n) is 16.1. The lowest BCUT2D eigenvalue weighted by Gasteiger charge is -2.14. The molecule has 0 fully saturated rings. The lowest BCUT2D eigenvalue weighted by atomic mass is 10.0. The minimum atomic E-state index is -3.71. The van der Waals surface area contributed by atoms with Crippen molar-refractivity contribution in [2.24, 2.45) is 0 Å². The highest BCUT2D eigenvalue weighted by atomic mass is 32.2. The van der Waals surface area contributed by atoms with Gasteiger partial charge in [0.1, 0.15) is 0 Å². The van der Waals surface area contributed by atoms with Crippen molar-refractivity contribution in [1.82, 2.24) is 14.8 Å². The molecular weight excluding hydrogens is 398 g/mol. The van der Waals surface area contributed by atoms with Crippen LogP contribution in [0.2, 0.25) is 0 Å². The van der Waals surface area contributed by atoms with Crippen molar-refractivity contribution in [3.05, 3.63) is 45.4 Å². The van der Waals surface area contributed by atoms with Crippen LogP contribution in [0, 0.1) is 0 Å². The monoisotopic (exact) mass is 423 g/mol. The molecule has 2 aromatic rings. The SMILES string of the molecule is CON(C)S(=O)(=O)c1ccc(C(=O)NCCCc2nc3c(s2)CCCC3)cc1. The number of sulfonamides is 1. The fraction of sp³-hybridized carbons (Fsp3) is 0.474. The van der Waals surface area contributed by atoms with E-state index < -0.39 is 10.0 Å². The highest BCUT2D eigenvalue weighted by Gasteiger charge is 2.21. The third-order valence-corrected chi connectivity index (χ3v) is 7.66. The first-order chi connectivity index (χ1) is 13.4. The number of nitrogens with one attached hydrogen (secondary N) is 1. The summed E-state index contributed by atoms with van der Waals surface area (Å²) in [5.74, 6) is -0.220. The van der Waals surface area contributed by atoms with Crippen LogP contribution in [0.5, 0.6) is 0 Å². The molecule has 3 rings (SSSR count). The lowest BCUT2D eigenvalue weighted by Crippen LogP contribution is -2.26. The lowest BCUT2D eigenvalue weighted by molar-refractivity contribution is -0.0258. The van der Waals surface area contributed by atoms with Gasteiger partial charge in [-0.25, -0.2) is 13.4 Å². The quantitative estimate of drug-likeness (QED) is 0.521. The largest absolute Gasteiger partial charge is 0.352 e. The van der Waals surface area contributed by atoms with Gasteiger partial charge in [0.15, 0.2) is 0 Å². The van der Waals surface area contributed by atoms with Gasteiger partial charge in [0, 0.05) is 30.5 Å². The minimum absolute atomic E-state index is 0.0705. The molecule has 1 aromatic heterocycles. The van der Waals surface area contributed by atoms with Gasteiger partial charge < -0.3 is 5.32 Å². The first-order valence-electron chi connectivity index (χ1n) is 9.30. The predicted molar refractivity (Wildman–Crippen MR) is 108 cm³/mol. The molecule has 0 saturated carbocycles. The summed E-state index contributed by atoms with van der Waals surface area (Å²) in [5.41, 5.74) is 1.69. The molecule has 1 amide bonds. The van der Waals surface area contributed by atoms with Gasteiger partial charge in [-0.1, -0.05) is 4.47 Å². The molecule has 0 unspecified atom stereocenters. The summed E-state index contributed by atoms with van der Waals surface area (Å²) in [6, 6.07) is 5.81. The van der Waals surface area contributed by atoms with E-state index in [2.05, 4.69) is 5.32 Å². The van der Waals surface area contributed by atoms with Crippen molar-refractivity contribution in [1.29, 1.82) is 0 Å². The number of thiazole rings is 1. The molecule has 1 aliphatic rings. The summed E-state index contributed by atoms with van der Waals surface area (Å²) in [4.78, 5) is 23.2. The van der Waals surface area contributed by atoms with Crippen molar-refractivity contribution in [3.8, 4) is 0 Å². The van der Waals surface area contributed by atoms with Crippen LogP contribution in [0.1, 0.15) is 45.2 Å². The molecule has 152 valence electrons. The Bertz CT molecular complexity index is 900. The van der Waals surface area contributed by atoms with E-state index in [1.54, 1.807) is 11.3 Å². The molecule has 1 aromatic carbocycles. The molecule has 7 nitrogen and oxygen atoms in total. The van der Waals surface area contributed by atoms with Crippen LogP contribution < -0.4 is 5.32 Å². The molecule has 0 bridgehead atoms.